The van der Waals surface area contributed by atoms with Gasteiger partial charge in [-0.05, 0) is 39.0 Å². The first kappa shape index (κ1) is 19.7. The molecule has 0 fully saturated rings. The molecule has 24 heavy (non-hydrogen) atoms. The maximum Gasteiger partial charge on any atom is 0.387 e. The molecule has 1 aromatic rings. The fraction of sp³-hybridized carbons (Fsp3) is 0.500. The van der Waals surface area contributed by atoms with E-state index in [4.69, 9.17) is 4.74 Å². The van der Waals surface area contributed by atoms with Gasteiger partial charge in [0, 0.05) is 18.7 Å². The van der Waals surface area contributed by atoms with E-state index in [0.717, 1.165) is 0 Å². The number of alkyl halides is 2. The molecule has 0 aliphatic rings. The van der Waals surface area contributed by atoms with Crippen LogP contribution in [0.2, 0.25) is 0 Å². The van der Waals surface area contributed by atoms with Crippen LogP contribution in [0.15, 0.2) is 18.2 Å². The number of hydrogen-bond acceptors (Lipinski definition) is 4. The molecule has 0 saturated carbocycles. The Bertz CT molecular complexity index is 579. The molecule has 0 bridgehead atoms. The topological polar surface area (TPSA) is 67.9 Å². The molecule has 0 aliphatic heterocycles. The molecule has 2 amide bonds. The van der Waals surface area contributed by atoms with Crippen LogP contribution in [-0.2, 0) is 4.79 Å². The van der Waals surface area contributed by atoms with Crippen molar-refractivity contribution in [1.82, 2.24) is 10.2 Å². The summed E-state index contributed by atoms with van der Waals surface area (Å²) in [7, 11) is 1.48. The molecule has 1 rings (SSSR count). The van der Waals surface area contributed by atoms with E-state index in [9.17, 15) is 18.4 Å². The zero-order valence-corrected chi connectivity index (χ0v) is 14.1. The fourth-order valence-electron chi connectivity index (χ4n) is 1.98. The van der Waals surface area contributed by atoms with Crippen LogP contribution in [0.3, 0.4) is 0 Å². The third kappa shape index (κ3) is 6.02. The van der Waals surface area contributed by atoms with Crippen LogP contribution in [0, 0.1) is 0 Å². The fourth-order valence-corrected chi connectivity index (χ4v) is 1.98. The Morgan fingerprint density at radius 2 is 1.92 bits per heavy atom. The van der Waals surface area contributed by atoms with Gasteiger partial charge in [-0.15, -0.1) is 0 Å². The quantitative estimate of drug-likeness (QED) is 0.786. The lowest BCUT2D eigenvalue weighted by molar-refractivity contribution is -0.122. The van der Waals surface area contributed by atoms with Crippen molar-refractivity contribution in [3.05, 3.63) is 23.8 Å². The van der Waals surface area contributed by atoms with Crippen LogP contribution in [0.4, 0.5) is 8.78 Å². The summed E-state index contributed by atoms with van der Waals surface area (Å²) in [6.07, 6.45) is 0. The second-order valence-corrected chi connectivity index (χ2v) is 5.36. The Kier molecular flexibility index (Phi) is 7.41. The summed E-state index contributed by atoms with van der Waals surface area (Å²) in [6, 6.07) is 3.88. The number of amides is 2. The van der Waals surface area contributed by atoms with Gasteiger partial charge in [-0.2, -0.15) is 8.78 Å². The minimum atomic E-state index is -2.99. The number of nitrogens with one attached hydrogen (secondary N) is 1. The van der Waals surface area contributed by atoms with Gasteiger partial charge in [0.05, 0.1) is 13.2 Å². The van der Waals surface area contributed by atoms with Gasteiger partial charge >= 0.3 is 6.61 Å². The van der Waals surface area contributed by atoms with Crippen molar-refractivity contribution >= 4 is 11.8 Å². The lowest BCUT2D eigenvalue weighted by Crippen LogP contribution is -2.40. The Balaban J connectivity index is 2.89. The van der Waals surface area contributed by atoms with Crippen molar-refractivity contribution < 1.29 is 27.8 Å². The number of rotatable bonds is 8. The van der Waals surface area contributed by atoms with Gasteiger partial charge in [-0.1, -0.05) is 0 Å². The number of nitrogens with zero attached hydrogens (tertiary/aromatic N) is 1. The first-order valence-corrected chi connectivity index (χ1v) is 7.51. The van der Waals surface area contributed by atoms with Crippen LogP contribution in [0.1, 0.15) is 31.1 Å². The predicted molar refractivity (Wildman–Crippen MR) is 84.5 cm³/mol. The molecule has 134 valence electrons. The molecular formula is C16H22F2N2O4. The maximum absolute atomic E-state index is 12.4. The number of carbonyl (C=O) groups excluding carboxylic acids is 2. The van der Waals surface area contributed by atoms with E-state index in [1.54, 1.807) is 6.92 Å². The smallest absolute Gasteiger partial charge is 0.387 e. The minimum Gasteiger partial charge on any atom is -0.490 e. The van der Waals surface area contributed by atoms with Crippen LogP contribution < -0.4 is 14.8 Å². The average Bonchev–Trinajstić information content (AvgIpc) is 2.47. The summed E-state index contributed by atoms with van der Waals surface area (Å²) in [5.74, 6) is -0.825. The van der Waals surface area contributed by atoms with Crippen LogP contribution >= 0.6 is 0 Å². The number of carbonyl (C=O) groups is 2. The molecule has 8 heteroatoms. The number of likely N-dealkylation sites (N-methyl/N-ethyl adjacent to an activating group) is 1. The first-order valence-electron chi connectivity index (χ1n) is 7.51. The highest BCUT2D eigenvalue weighted by atomic mass is 19.3. The summed E-state index contributed by atoms with van der Waals surface area (Å²) in [5, 5.41) is 2.68. The molecule has 0 aliphatic carbocycles. The molecule has 1 aromatic carbocycles. The Hall–Kier alpha value is -2.38. The predicted octanol–water partition coefficient (Wildman–Crippen LogP) is 2.28. The van der Waals surface area contributed by atoms with Gasteiger partial charge in [0.25, 0.3) is 5.91 Å². The third-order valence-corrected chi connectivity index (χ3v) is 2.88. The Labute approximate surface area is 139 Å². The highest BCUT2D eigenvalue weighted by Gasteiger charge is 2.18. The van der Waals surface area contributed by atoms with Gasteiger partial charge in [-0.3, -0.25) is 9.59 Å². The van der Waals surface area contributed by atoms with E-state index >= 15 is 0 Å². The molecule has 0 spiro atoms. The number of hydrogen-bond donors (Lipinski definition) is 1. The van der Waals surface area contributed by atoms with Gasteiger partial charge in [-0.25, -0.2) is 0 Å². The molecule has 0 aromatic heterocycles. The normalized spacial score (nSPS) is 10.7. The molecule has 0 unspecified atom stereocenters. The highest BCUT2D eigenvalue weighted by Crippen LogP contribution is 2.30. The van der Waals surface area contributed by atoms with Crippen molar-refractivity contribution in [2.24, 2.45) is 0 Å². The highest BCUT2D eigenvalue weighted by molar-refractivity contribution is 5.96. The van der Waals surface area contributed by atoms with E-state index < -0.39 is 12.5 Å². The summed E-state index contributed by atoms with van der Waals surface area (Å²) in [6.45, 7) is 2.43. The first-order chi connectivity index (χ1) is 11.2. The second kappa shape index (κ2) is 9.05. The minimum absolute atomic E-state index is 0.0312. The SMILES string of the molecule is CCOc1cc(C(=O)N(C)CC(=O)NC(C)C)ccc1OC(F)F. The van der Waals surface area contributed by atoms with E-state index in [2.05, 4.69) is 10.1 Å². The zero-order chi connectivity index (χ0) is 18.3. The van der Waals surface area contributed by atoms with Gasteiger partial charge in [0.2, 0.25) is 5.91 Å². The van der Waals surface area contributed by atoms with Crippen molar-refractivity contribution in [2.45, 2.75) is 33.4 Å². The molecule has 0 saturated heterocycles. The summed E-state index contributed by atoms with van der Waals surface area (Å²) in [5.41, 5.74) is 0.208. The van der Waals surface area contributed by atoms with E-state index in [1.165, 1.54) is 30.1 Å². The number of halogens is 2. The van der Waals surface area contributed by atoms with Crippen LogP contribution in [0.25, 0.3) is 0 Å². The Morgan fingerprint density at radius 3 is 2.46 bits per heavy atom. The van der Waals surface area contributed by atoms with E-state index in [-0.39, 0.29) is 42.2 Å². The zero-order valence-electron chi connectivity index (χ0n) is 14.1. The molecule has 0 radical (unpaired) electrons. The largest absolute Gasteiger partial charge is 0.490 e. The second-order valence-electron chi connectivity index (χ2n) is 5.36. The van der Waals surface area contributed by atoms with Crippen molar-refractivity contribution in [3.63, 3.8) is 0 Å². The molecule has 0 heterocycles. The van der Waals surface area contributed by atoms with Gasteiger partial charge < -0.3 is 19.7 Å². The average molecular weight is 344 g/mol. The maximum atomic E-state index is 12.4. The van der Waals surface area contributed by atoms with Gasteiger partial charge in [0.15, 0.2) is 11.5 Å². The summed E-state index contributed by atoms with van der Waals surface area (Å²) < 4.78 is 34.3. The molecular weight excluding hydrogens is 322 g/mol. The molecule has 1 N–H and O–H groups in total. The molecule has 0 atom stereocenters. The summed E-state index contributed by atoms with van der Waals surface area (Å²) >= 11 is 0. The van der Waals surface area contributed by atoms with Crippen LogP contribution in [-0.4, -0.2) is 49.6 Å². The standard InChI is InChI=1S/C16H22F2N2O4/c1-5-23-13-8-11(6-7-12(13)24-16(17)18)15(22)20(4)9-14(21)19-10(2)3/h6-8,10,16H,5,9H2,1-4H3,(H,19,21). The monoisotopic (exact) mass is 344 g/mol. The van der Waals surface area contributed by atoms with Crippen molar-refractivity contribution in [1.29, 1.82) is 0 Å². The lowest BCUT2D eigenvalue weighted by atomic mass is 10.1. The van der Waals surface area contributed by atoms with Crippen LogP contribution in [0.5, 0.6) is 11.5 Å². The van der Waals surface area contributed by atoms with Gasteiger partial charge in [0.1, 0.15) is 0 Å². The molecule has 6 nitrogen and oxygen atoms in total. The number of benzene rings is 1. The van der Waals surface area contributed by atoms with Crippen molar-refractivity contribution in [3.8, 4) is 11.5 Å². The van der Waals surface area contributed by atoms with E-state index in [0.29, 0.717) is 0 Å². The van der Waals surface area contributed by atoms with E-state index in [1.807, 2.05) is 13.8 Å². The number of ether oxygens (including phenoxy) is 2. The van der Waals surface area contributed by atoms with Crippen molar-refractivity contribution in [2.75, 3.05) is 20.2 Å². The Morgan fingerprint density at radius 1 is 1.25 bits per heavy atom. The summed E-state index contributed by atoms with van der Waals surface area (Å²) in [4.78, 5) is 25.3. The lowest BCUT2D eigenvalue weighted by Gasteiger charge is -2.19. The third-order valence-electron chi connectivity index (χ3n) is 2.88.